The van der Waals surface area contributed by atoms with E-state index in [4.69, 9.17) is 9.16 Å². The van der Waals surface area contributed by atoms with E-state index in [1.807, 2.05) is 37.3 Å². The highest BCUT2D eigenvalue weighted by molar-refractivity contribution is 6.69. The quantitative estimate of drug-likeness (QED) is 0.776. The van der Waals surface area contributed by atoms with E-state index in [2.05, 4.69) is 19.6 Å². The van der Waals surface area contributed by atoms with Crippen LogP contribution in [0.25, 0.3) is 0 Å². The van der Waals surface area contributed by atoms with Gasteiger partial charge in [-0.3, -0.25) is 4.90 Å². The fraction of sp³-hybridized carbons (Fsp3) is 0.533. The van der Waals surface area contributed by atoms with E-state index in [-0.39, 0.29) is 18.4 Å². The molecule has 1 fully saturated rings. The Hall–Kier alpha value is -1.33. The molecule has 4 nitrogen and oxygen atoms in total. The molecule has 0 radical (unpaired) electrons. The number of ether oxygens (including phenoxy) is 1. The molecule has 0 bridgehead atoms. The van der Waals surface area contributed by atoms with Crippen molar-refractivity contribution in [2.24, 2.45) is 0 Å². The maximum Gasteiger partial charge on any atom is 0.412 e. The molecule has 0 saturated carbocycles. The lowest BCUT2D eigenvalue weighted by molar-refractivity contribution is 0.0304. The fourth-order valence-corrected chi connectivity index (χ4v) is 3.52. The lowest BCUT2D eigenvalue weighted by Gasteiger charge is -2.34. The third kappa shape index (κ3) is 3.40. The molecule has 0 unspecified atom stereocenters. The highest BCUT2D eigenvalue weighted by atomic mass is 28.4. The minimum Gasteiger partial charge on any atom is -0.447 e. The molecule has 1 saturated heterocycles. The number of hydrogen-bond donors (Lipinski definition) is 0. The van der Waals surface area contributed by atoms with Crippen LogP contribution in [-0.4, -0.2) is 32.1 Å². The van der Waals surface area contributed by atoms with Crippen molar-refractivity contribution in [2.45, 2.75) is 45.3 Å². The van der Waals surface area contributed by atoms with Gasteiger partial charge in [0.25, 0.3) is 0 Å². The van der Waals surface area contributed by atoms with Crippen LogP contribution in [0.1, 0.15) is 24.9 Å². The predicted octanol–water partition coefficient (Wildman–Crippen LogP) is 3.77. The minimum absolute atomic E-state index is 0.0509. The summed E-state index contributed by atoms with van der Waals surface area (Å²) in [5, 5.41) is 0. The van der Waals surface area contributed by atoms with Crippen molar-refractivity contribution in [3.63, 3.8) is 0 Å². The summed E-state index contributed by atoms with van der Waals surface area (Å²) in [6.45, 7) is 8.84. The SMILES string of the molecule is CC[C@H](O[Si](C)(C)C)N1C(=O)OC[C@H]1c1ccccc1. The van der Waals surface area contributed by atoms with Gasteiger partial charge in [0.2, 0.25) is 0 Å². The average Bonchev–Trinajstić information content (AvgIpc) is 2.78. The topological polar surface area (TPSA) is 38.8 Å². The van der Waals surface area contributed by atoms with Crippen LogP contribution in [0.3, 0.4) is 0 Å². The summed E-state index contributed by atoms with van der Waals surface area (Å²) in [6.07, 6.45) is 0.286. The van der Waals surface area contributed by atoms with Gasteiger partial charge in [-0.05, 0) is 31.6 Å². The van der Waals surface area contributed by atoms with Gasteiger partial charge in [0.1, 0.15) is 12.8 Å². The molecule has 2 atom stereocenters. The van der Waals surface area contributed by atoms with E-state index < -0.39 is 8.32 Å². The zero-order chi connectivity index (χ0) is 14.8. The third-order valence-corrected chi connectivity index (χ3v) is 4.22. The summed E-state index contributed by atoms with van der Waals surface area (Å²) in [6, 6.07) is 9.95. The molecule has 1 aliphatic heterocycles. The monoisotopic (exact) mass is 293 g/mol. The van der Waals surface area contributed by atoms with E-state index in [9.17, 15) is 4.79 Å². The number of carbonyl (C=O) groups excluding carboxylic acids is 1. The van der Waals surface area contributed by atoms with E-state index in [1.165, 1.54) is 0 Å². The van der Waals surface area contributed by atoms with E-state index in [0.29, 0.717) is 6.61 Å². The van der Waals surface area contributed by atoms with Crippen LogP contribution in [0, 0.1) is 0 Å². The van der Waals surface area contributed by atoms with Crippen molar-refractivity contribution in [1.82, 2.24) is 4.90 Å². The standard InChI is InChI=1S/C15H23NO3Si/c1-5-14(19-20(2,3)4)16-13(11-18-15(16)17)12-9-7-6-8-10-12/h6-10,13-14H,5,11H2,1-4H3/t13-,14-/m0/s1. The second kappa shape index (κ2) is 5.97. The van der Waals surface area contributed by atoms with Crippen LogP contribution in [0.15, 0.2) is 30.3 Å². The summed E-state index contributed by atoms with van der Waals surface area (Å²) < 4.78 is 11.4. The minimum atomic E-state index is -1.72. The number of rotatable bonds is 5. The number of cyclic esters (lactones) is 1. The second-order valence-corrected chi connectivity index (χ2v) is 10.5. The highest BCUT2D eigenvalue weighted by Gasteiger charge is 2.40. The summed E-state index contributed by atoms with van der Waals surface area (Å²) in [5.74, 6) is 0. The van der Waals surface area contributed by atoms with Crippen LogP contribution >= 0.6 is 0 Å². The molecule has 0 spiro atoms. The predicted molar refractivity (Wildman–Crippen MR) is 80.9 cm³/mol. The van der Waals surface area contributed by atoms with Crippen LogP contribution < -0.4 is 0 Å². The Bertz CT molecular complexity index is 458. The van der Waals surface area contributed by atoms with Gasteiger partial charge >= 0.3 is 6.09 Å². The van der Waals surface area contributed by atoms with E-state index in [0.717, 1.165) is 12.0 Å². The maximum absolute atomic E-state index is 12.1. The van der Waals surface area contributed by atoms with Crippen molar-refractivity contribution >= 4 is 14.4 Å². The van der Waals surface area contributed by atoms with Crippen LogP contribution in [0.2, 0.25) is 19.6 Å². The average molecular weight is 293 g/mol. The molecule has 0 N–H and O–H groups in total. The van der Waals surface area contributed by atoms with Gasteiger partial charge < -0.3 is 9.16 Å². The molecule has 1 amide bonds. The Balaban J connectivity index is 2.23. The van der Waals surface area contributed by atoms with Crippen molar-refractivity contribution in [3.05, 3.63) is 35.9 Å². The molecular weight excluding hydrogens is 270 g/mol. The first-order valence-corrected chi connectivity index (χ1v) is 10.5. The number of hydrogen-bond acceptors (Lipinski definition) is 3. The second-order valence-electron chi connectivity index (χ2n) is 6.00. The maximum atomic E-state index is 12.1. The Morgan fingerprint density at radius 1 is 1.35 bits per heavy atom. The summed E-state index contributed by atoms with van der Waals surface area (Å²) in [5.41, 5.74) is 1.09. The Labute approximate surface area is 121 Å². The number of carbonyl (C=O) groups is 1. The van der Waals surface area contributed by atoms with Gasteiger partial charge in [0, 0.05) is 0 Å². The molecule has 1 heterocycles. The van der Waals surface area contributed by atoms with Gasteiger partial charge in [0.05, 0.1) is 6.04 Å². The number of nitrogens with zero attached hydrogens (tertiary/aromatic N) is 1. The lowest BCUT2D eigenvalue weighted by Crippen LogP contribution is -2.45. The molecular formula is C15H23NO3Si. The fourth-order valence-electron chi connectivity index (χ4n) is 2.43. The first-order valence-electron chi connectivity index (χ1n) is 7.10. The Kier molecular flexibility index (Phi) is 4.50. The van der Waals surface area contributed by atoms with Crippen LogP contribution in [0.5, 0.6) is 0 Å². The molecule has 1 aromatic carbocycles. The molecule has 1 aliphatic rings. The largest absolute Gasteiger partial charge is 0.447 e. The van der Waals surface area contributed by atoms with E-state index in [1.54, 1.807) is 4.90 Å². The number of benzene rings is 1. The Morgan fingerprint density at radius 2 is 2.00 bits per heavy atom. The van der Waals surface area contributed by atoms with Gasteiger partial charge in [-0.15, -0.1) is 0 Å². The molecule has 0 aromatic heterocycles. The Morgan fingerprint density at radius 3 is 2.55 bits per heavy atom. The van der Waals surface area contributed by atoms with Crippen LogP contribution in [0.4, 0.5) is 4.79 Å². The smallest absolute Gasteiger partial charge is 0.412 e. The van der Waals surface area contributed by atoms with Crippen LogP contribution in [-0.2, 0) is 9.16 Å². The van der Waals surface area contributed by atoms with Gasteiger partial charge in [-0.2, -0.15) is 0 Å². The summed E-state index contributed by atoms with van der Waals surface area (Å²) in [4.78, 5) is 13.8. The normalized spacial score (nSPS) is 20.9. The van der Waals surface area contributed by atoms with Gasteiger partial charge in [-0.1, -0.05) is 37.3 Å². The van der Waals surface area contributed by atoms with Gasteiger partial charge in [-0.25, -0.2) is 4.79 Å². The van der Waals surface area contributed by atoms with Crippen molar-refractivity contribution in [2.75, 3.05) is 6.61 Å². The zero-order valence-electron chi connectivity index (χ0n) is 12.6. The third-order valence-electron chi connectivity index (χ3n) is 3.24. The molecule has 110 valence electrons. The number of amides is 1. The van der Waals surface area contributed by atoms with E-state index >= 15 is 0 Å². The van der Waals surface area contributed by atoms with Crippen molar-refractivity contribution in [3.8, 4) is 0 Å². The summed E-state index contributed by atoms with van der Waals surface area (Å²) in [7, 11) is -1.72. The lowest BCUT2D eigenvalue weighted by atomic mass is 10.1. The molecule has 1 aromatic rings. The molecule has 0 aliphatic carbocycles. The van der Waals surface area contributed by atoms with Crippen molar-refractivity contribution in [1.29, 1.82) is 0 Å². The van der Waals surface area contributed by atoms with Crippen molar-refractivity contribution < 1.29 is 14.0 Å². The highest BCUT2D eigenvalue weighted by Crippen LogP contribution is 2.31. The zero-order valence-corrected chi connectivity index (χ0v) is 13.6. The molecule has 5 heteroatoms. The molecule has 2 rings (SSSR count). The summed E-state index contributed by atoms with van der Waals surface area (Å²) >= 11 is 0. The first kappa shape index (κ1) is 15.1. The molecule has 20 heavy (non-hydrogen) atoms. The first-order chi connectivity index (χ1) is 9.42. The van der Waals surface area contributed by atoms with Gasteiger partial charge in [0.15, 0.2) is 8.32 Å².